The van der Waals surface area contributed by atoms with Crippen LogP contribution in [0.25, 0.3) is 0 Å². The van der Waals surface area contributed by atoms with Crippen molar-refractivity contribution in [3.63, 3.8) is 0 Å². The van der Waals surface area contributed by atoms with Gasteiger partial charge in [0.1, 0.15) is 5.54 Å². The Morgan fingerprint density at radius 1 is 0.355 bits per heavy atom. The van der Waals surface area contributed by atoms with Gasteiger partial charge in [0, 0.05) is 12.8 Å². The first-order chi connectivity index (χ1) is 30.5. The van der Waals surface area contributed by atoms with Gasteiger partial charge in [0.2, 0.25) is 0 Å². The zero-order valence-electron chi connectivity index (χ0n) is 42.4. The number of nitroso groups, excluding NO2 is 1. The summed E-state index contributed by atoms with van der Waals surface area (Å²) < 4.78 is 11.1. The zero-order valence-corrected chi connectivity index (χ0v) is 42.4. The number of carbonyl (C=O) groups is 2. The van der Waals surface area contributed by atoms with E-state index >= 15 is 0 Å². The molecule has 62 heavy (non-hydrogen) atoms. The Bertz CT molecular complexity index is 883. The first-order valence-corrected chi connectivity index (χ1v) is 27.8. The number of carbonyl (C=O) groups excluding carboxylic acids is 2. The van der Waals surface area contributed by atoms with Gasteiger partial charge in [-0.3, -0.25) is 9.59 Å². The zero-order chi connectivity index (χ0) is 45.3. The topological polar surface area (TPSA) is 85.3 Å². The number of ether oxygens (including phenoxy) is 2. The molecule has 7 nitrogen and oxygen atoms in total. The molecule has 0 aliphatic rings. The quantitative estimate of drug-likeness (QED) is 0.0344. The highest BCUT2D eigenvalue weighted by Crippen LogP contribution is 2.32. The molecule has 0 radical (unpaired) electrons. The van der Waals surface area contributed by atoms with Crippen LogP contribution in [0.3, 0.4) is 0 Å². The third kappa shape index (κ3) is 42.5. The molecule has 0 saturated carbocycles. The molecule has 0 spiro atoms. The Morgan fingerprint density at radius 2 is 0.645 bits per heavy atom. The summed E-state index contributed by atoms with van der Waals surface area (Å²) in [4.78, 5) is 39.7. The van der Waals surface area contributed by atoms with E-state index in [9.17, 15) is 14.5 Å². The number of hydrogen-bond acceptors (Lipinski definition) is 7. The molecular weight excluding hydrogens is 769 g/mol. The highest BCUT2D eigenvalue weighted by Gasteiger charge is 2.30. The fourth-order valence-electron chi connectivity index (χ4n) is 9.18. The fourth-order valence-corrected chi connectivity index (χ4v) is 9.18. The van der Waals surface area contributed by atoms with Crippen LogP contribution in [0.4, 0.5) is 0 Å². The summed E-state index contributed by atoms with van der Waals surface area (Å²) in [5.74, 6) is -0.0891. The molecular formula is C55H108N2O5. The van der Waals surface area contributed by atoms with Gasteiger partial charge in [-0.25, -0.2) is 0 Å². The van der Waals surface area contributed by atoms with Crippen LogP contribution >= 0.6 is 0 Å². The lowest BCUT2D eigenvalue weighted by Gasteiger charge is -2.27. The molecule has 0 unspecified atom stereocenters. The predicted octanol–water partition coefficient (Wildman–Crippen LogP) is 17.7. The molecule has 0 rings (SSSR count). The summed E-state index contributed by atoms with van der Waals surface area (Å²) in [5, 5.41) is 3.87. The molecule has 0 aromatic rings. The van der Waals surface area contributed by atoms with E-state index in [1.807, 2.05) is 0 Å². The van der Waals surface area contributed by atoms with Crippen LogP contribution in [-0.2, 0) is 19.1 Å². The smallest absolute Gasteiger partial charge is 0.305 e. The second kappa shape index (κ2) is 48.9. The molecule has 0 heterocycles. The van der Waals surface area contributed by atoms with Gasteiger partial charge in [-0.2, -0.15) is 4.91 Å². The Labute approximate surface area is 386 Å². The van der Waals surface area contributed by atoms with Crippen molar-refractivity contribution in [1.82, 2.24) is 4.90 Å². The molecule has 0 aromatic heterocycles. The minimum Gasteiger partial charge on any atom is -0.466 e. The largest absolute Gasteiger partial charge is 0.466 e. The van der Waals surface area contributed by atoms with Gasteiger partial charge >= 0.3 is 11.9 Å². The van der Waals surface area contributed by atoms with E-state index in [1.165, 1.54) is 154 Å². The Balaban J connectivity index is 4.25. The van der Waals surface area contributed by atoms with Crippen molar-refractivity contribution < 1.29 is 19.1 Å². The Hall–Kier alpha value is -1.50. The second-order valence-corrected chi connectivity index (χ2v) is 19.4. The molecule has 0 aliphatic carbocycles. The molecule has 0 aliphatic heterocycles. The number of rotatable bonds is 52. The van der Waals surface area contributed by atoms with Crippen molar-refractivity contribution in [2.24, 2.45) is 5.18 Å². The summed E-state index contributed by atoms with van der Waals surface area (Å²) in [6, 6.07) is 0. The van der Waals surface area contributed by atoms with Crippen molar-refractivity contribution in [1.29, 1.82) is 0 Å². The SMILES string of the molecule is CCCCCCCCCCCCCCCC(=O)OCCCCCCC(CCCCCCOC(=O)CCCCCCCCCCCCCCC)(CCCCN(CCC)CCC)N=O. The van der Waals surface area contributed by atoms with Crippen LogP contribution in [0.1, 0.15) is 304 Å². The van der Waals surface area contributed by atoms with E-state index in [0.717, 1.165) is 129 Å². The normalized spacial score (nSPS) is 11.8. The van der Waals surface area contributed by atoms with Crippen LogP contribution in [0.5, 0.6) is 0 Å². The van der Waals surface area contributed by atoms with Gasteiger partial charge in [-0.15, -0.1) is 0 Å². The van der Waals surface area contributed by atoms with Crippen LogP contribution in [0.2, 0.25) is 0 Å². The van der Waals surface area contributed by atoms with Gasteiger partial charge in [0.05, 0.1) is 13.2 Å². The molecule has 0 N–H and O–H groups in total. The van der Waals surface area contributed by atoms with Crippen LogP contribution in [0, 0.1) is 4.91 Å². The summed E-state index contributed by atoms with van der Waals surface area (Å²) in [6.07, 6.45) is 50.0. The lowest BCUT2D eigenvalue weighted by Crippen LogP contribution is -2.29. The van der Waals surface area contributed by atoms with E-state index in [2.05, 4.69) is 37.8 Å². The second-order valence-electron chi connectivity index (χ2n) is 19.4. The fraction of sp³-hybridized carbons (Fsp3) is 0.964. The molecule has 7 heteroatoms. The average molecular weight is 877 g/mol. The van der Waals surface area contributed by atoms with Crippen molar-refractivity contribution in [3.8, 4) is 0 Å². The van der Waals surface area contributed by atoms with Crippen LogP contribution < -0.4 is 0 Å². The maximum absolute atomic E-state index is 12.5. The third-order valence-corrected chi connectivity index (χ3v) is 13.2. The van der Waals surface area contributed by atoms with Gasteiger partial charge in [-0.1, -0.05) is 225 Å². The predicted molar refractivity (Wildman–Crippen MR) is 268 cm³/mol. The van der Waals surface area contributed by atoms with Crippen LogP contribution in [0.15, 0.2) is 5.18 Å². The van der Waals surface area contributed by atoms with Gasteiger partial charge in [0.15, 0.2) is 0 Å². The van der Waals surface area contributed by atoms with Gasteiger partial charge < -0.3 is 14.4 Å². The van der Waals surface area contributed by atoms with Crippen molar-refractivity contribution in [2.75, 3.05) is 32.8 Å². The highest BCUT2D eigenvalue weighted by atomic mass is 16.5. The van der Waals surface area contributed by atoms with Crippen molar-refractivity contribution >= 4 is 11.9 Å². The van der Waals surface area contributed by atoms with E-state index in [1.54, 1.807) is 0 Å². The molecule has 0 atom stereocenters. The first-order valence-electron chi connectivity index (χ1n) is 27.8. The number of nitrogens with zero attached hydrogens (tertiary/aromatic N) is 2. The standard InChI is InChI=1S/C55H108N2O5/c1-5-9-11-13-15-17-19-21-23-25-27-29-35-43-53(58)61-51-41-33-31-37-45-55(56-60,47-39-40-50-57(48-7-3)49-8-4)46-38-32-34-42-52-62-54(59)44-36-30-28-26-24-22-20-18-16-14-12-10-6-2/h5-52H2,1-4H3. The number of esters is 2. The van der Waals surface area contributed by atoms with Gasteiger partial charge in [0.25, 0.3) is 0 Å². The number of hydrogen-bond donors (Lipinski definition) is 0. The summed E-state index contributed by atoms with van der Waals surface area (Å²) in [6.45, 7) is 13.5. The van der Waals surface area contributed by atoms with E-state index < -0.39 is 5.54 Å². The minimum absolute atomic E-state index is 0.0446. The average Bonchev–Trinajstić information content (AvgIpc) is 3.27. The van der Waals surface area contributed by atoms with Crippen LogP contribution in [-0.4, -0.2) is 55.2 Å². The first kappa shape index (κ1) is 60.5. The summed E-state index contributed by atoms with van der Waals surface area (Å²) >= 11 is 0. The van der Waals surface area contributed by atoms with Gasteiger partial charge in [-0.05, 0) is 90.3 Å². The van der Waals surface area contributed by atoms with E-state index in [4.69, 9.17) is 9.47 Å². The number of unbranched alkanes of at least 4 members (excludes halogenated alkanes) is 31. The summed E-state index contributed by atoms with van der Waals surface area (Å²) in [7, 11) is 0. The molecule has 0 fully saturated rings. The lowest BCUT2D eigenvalue weighted by molar-refractivity contribution is -0.144. The van der Waals surface area contributed by atoms with Crippen molar-refractivity contribution in [2.45, 2.75) is 309 Å². The van der Waals surface area contributed by atoms with Crippen molar-refractivity contribution in [3.05, 3.63) is 4.91 Å². The molecule has 0 aromatic carbocycles. The minimum atomic E-state index is -0.485. The maximum atomic E-state index is 12.5. The Kier molecular flexibility index (Phi) is 47.8. The highest BCUT2D eigenvalue weighted by molar-refractivity contribution is 5.69. The molecule has 0 bridgehead atoms. The summed E-state index contributed by atoms with van der Waals surface area (Å²) in [5.41, 5.74) is -0.485. The Morgan fingerprint density at radius 3 is 0.968 bits per heavy atom. The van der Waals surface area contributed by atoms with E-state index in [0.29, 0.717) is 26.1 Å². The third-order valence-electron chi connectivity index (χ3n) is 13.2. The monoisotopic (exact) mass is 877 g/mol. The maximum Gasteiger partial charge on any atom is 0.305 e. The molecule has 0 amide bonds. The molecule has 368 valence electrons. The lowest BCUT2D eigenvalue weighted by atomic mass is 9.83. The molecule has 0 saturated heterocycles. The van der Waals surface area contributed by atoms with E-state index in [-0.39, 0.29) is 11.9 Å².